The molecule has 1 saturated carbocycles. The Morgan fingerprint density at radius 3 is 2.90 bits per heavy atom. The van der Waals surface area contributed by atoms with E-state index in [9.17, 15) is 0 Å². The molecule has 118 valence electrons. The summed E-state index contributed by atoms with van der Waals surface area (Å²) in [5.41, 5.74) is 1.12. The van der Waals surface area contributed by atoms with E-state index < -0.39 is 0 Å². The lowest BCUT2D eigenvalue weighted by molar-refractivity contribution is 0.181. The predicted octanol–water partition coefficient (Wildman–Crippen LogP) is 3.02. The predicted molar refractivity (Wildman–Crippen MR) is 87.8 cm³/mol. The minimum Gasteiger partial charge on any atom is -0.378 e. The van der Waals surface area contributed by atoms with Gasteiger partial charge in [-0.1, -0.05) is 13.8 Å². The van der Waals surface area contributed by atoms with Crippen LogP contribution in [0.2, 0.25) is 0 Å². The smallest absolute Gasteiger partial charge is 0.186 e. The van der Waals surface area contributed by atoms with E-state index in [2.05, 4.69) is 24.1 Å². The molecule has 4 nitrogen and oxygen atoms in total. The Kier molecular flexibility index (Phi) is 4.82. The van der Waals surface area contributed by atoms with E-state index in [0.717, 1.165) is 30.7 Å². The van der Waals surface area contributed by atoms with Crippen molar-refractivity contribution in [1.82, 2.24) is 10.3 Å². The summed E-state index contributed by atoms with van der Waals surface area (Å²) >= 11 is 1.86. The second kappa shape index (κ2) is 6.63. The van der Waals surface area contributed by atoms with E-state index in [4.69, 9.17) is 9.72 Å². The monoisotopic (exact) mass is 309 g/mol. The molecule has 1 saturated heterocycles. The van der Waals surface area contributed by atoms with Gasteiger partial charge >= 0.3 is 0 Å². The van der Waals surface area contributed by atoms with E-state index in [0.29, 0.717) is 12.5 Å². The first-order valence-electron chi connectivity index (χ1n) is 8.12. The highest BCUT2D eigenvalue weighted by molar-refractivity contribution is 7.15. The number of hydrogen-bond donors (Lipinski definition) is 1. The molecule has 2 bridgehead atoms. The molecule has 2 atom stereocenters. The third-order valence-electron chi connectivity index (χ3n) is 4.54. The van der Waals surface area contributed by atoms with Crippen molar-refractivity contribution >= 4 is 16.5 Å². The van der Waals surface area contributed by atoms with Gasteiger partial charge in [0.15, 0.2) is 5.13 Å². The van der Waals surface area contributed by atoms with Gasteiger partial charge in [-0.25, -0.2) is 4.98 Å². The van der Waals surface area contributed by atoms with Crippen LogP contribution in [0.3, 0.4) is 0 Å². The van der Waals surface area contributed by atoms with Gasteiger partial charge in [0.2, 0.25) is 0 Å². The van der Waals surface area contributed by atoms with E-state index in [1.807, 2.05) is 11.3 Å². The number of aromatic nitrogens is 1. The highest BCUT2D eigenvalue weighted by Gasteiger charge is 2.39. The molecule has 1 aliphatic carbocycles. The maximum Gasteiger partial charge on any atom is 0.186 e. The van der Waals surface area contributed by atoms with Crippen molar-refractivity contribution in [2.75, 3.05) is 25.1 Å². The number of piperidine rings is 1. The van der Waals surface area contributed by atoms with E-state index in [1.54, 1.807) is 7.11 Å². The SMILES string of the molecule is COCc1nc(N2CC3CCC2C3)sc1CNCC(C)C. The zero-order valence-corrected chi connectivity index (χ0v) is 14.2. The second-order valence-corrected chi connectivity index (χ2v) is 7.87. The normalized spacial score (nSPS) is 24.5. The summed E-state index contributed by atoms with van der Waals surface area (Å²) in [5, 5.41) is 4.75. The number of ether oxygens (including phenoxy) is 1. The fraction of sp³-hybridized carbons (Fsp3) is 0.812. The molecule has 1 aromatic heterocycles. The summed E-state index contributed by atoms with van der Waals surface area (Å²) in [6.07, 6.45) is 4.14. The molecule has 5 heteroatoms. The molecule has 0 radical (unpaired) electrons. The zero-order valence-electron chi connectivity index (χ0n) is 13.4. The molecule has 0 amide bonds. The van der Waals surface area contributed by atoms with Crippen LogP contribution >= 0.6 is 11.3 Å². The number of nitrogens with one attached hydrogen (secondary N) is 1. The molecule has 2 unspecified atom stereocenters. The van der Waals surface area contributed by atoms with Crippen LogP contribution in [0.1, 0.15) is 43.7 Å². The average Bonchev–Trinajstić information content (AvgIpc) is 3.14. The lowest BCUT2D eigenvalue weighted by atomic mass is 10.1. The van der Waals surface area contributed by atoms with Crippen molar-refractivity contribution in [2.45, 2.75) is 52.3 Å². The van der Waals surface area contributed by atoms with E-state index >= 15 is 0 Å². The fourth-order valence-electron chi connectivity index (χ4n) is 3.51. The standard InChI is InChI=1S/C16H27N3OS/c1-11(2)7-17-8-15-14(10-20-3)18-16(21-15)19-9-12-4-5-13(19)6-12/h11-13,17H,4-10H2,1-3H3. The molecular weight excluding hydrogens is 282 g/mol. The highest BCUT2D eigenvalue weighted by Crippen LogP contribution is 2.42. The molecule has 3 rings (SSSR count). The molecule has 21 heavy (non-hydrogen) atoms. The third kappa shape index (κ3) is 3.41. The fourth-order valence-corrected chi connectivity index (χ4v) is 4.63. The van der Waals surface area contributed by atoms with Crippen LogP contribution < -0.4 is 10.2 Å². The summed E-state index contributed by atoms with van der Waals surface area (Å²) < 4.78 is 5.33. The Morgan fingerprint density at radius 1 is 1.43 bits per heavy atom. The average molecular weight is 309 g/mol. The topological polar surface area (TPSA) is 37.4 Å². The molecule has 1 aliphatic heterocycles. The van der Waals surface area contributed by atoms with Crippen molar-refractivity contribution in [3.63, 3.8) is 0 Å². The Hall–Kier alpha value is -0.650. The third-order valence-corrected chi connectivity index (χ3v) is 5.68. The quantitative estimate of drug-likeness (QED) is 0.840. The van der Waals surface area contributed by atoms with Crippen LogP contribution in [-0.2, 0) is 17.9 Å². The van der Waals surface area contributed by atoms with Crippen molar-refractivity contribution in [3.8, 4) is 0 Å². The molecular formula is C16H27N3OS. The summed E-state index contributed by atoms with van der Waals surface area (Å²) in [6.45, 7) is 8.27. The number of nitrogens with zero attached hydrogens (tertiary/aromatic N) is 2. The van der Waals surface area contributed by atoms with Crippen LogP contribution in [0.4, 0.5) is 5.13 Å². The number of methoxy groups -OCH3 is 1. The van der Waals surface area contributed by atoms with E-state index in [1.165, 1.54) is 35.8 Å². The largest absolute Gasteiger partial charge is 0.378 e. The van der Waals surface area contributed by atoms with Gasteiger partial charge in [0, 0.05) is 31.1 Å². The van der Waals surface area contributed by atoms with Crippen LogP contribution in [0.25, 0.3) is 0 Å². The minimum atomic E-state index is 0.622. The van der Waals surface area contributed by atoms with Crippen molar-refractivity contribution in [1.29, 1.82) is 0 Å². The molecule has 2 fully saturated rings. The molecule has 2 heterocycles. The first-order chi connectivity index (χ1) is 10.2. The summed E-state index contributed by atoms with van der Waals surface area (Å²) in [7, 11) is 1.75. The second-order valence-electron chi connectivity index (χ2n) is 6.81. The summed E-state index contributed by atoms with van der Waals surface area (Å²) in [5.74, 6) is 1.59. The van der Waals surface area contributed by atoms with Gasteiger partial charge in [0.05, 0.1) is 12.3 Å². The molecule has 0 spiro atoms. The molecule has 0 aromatic carbocycles. The van der Waals surface area contributed by atoms with Gasteiger partial charge in [-0.15, -0.1) is 11.3 Å². The Bertz CT molecular complexity index is 474. The van der Waals surface area contributed by atoms with E-state index in [-0.39, 0.29) is 0 Å². The van der Waals surface area contributed by atoms with Crippen LogP contribution in [-0.4, -0.2) is 31.2 Å². The number of fused-ring (bicyclic) bond motifs is 2. The van der Waals surface area contributed by atoms with Crippen molar-refractivity contribution in [3.05, 3.63) is 10.6 Å². The summed E-state index contributed by atoms with van der Waals surface area (Å²) in [6, 6.07) is 0.744. The number of hydrogen-bond acceptors (Lipinski definition) is 5. The number of rotatable bonds is 7. The van der Waals surface area contributed by atoms with Crippen molar-refractivity contribution < 1.29 is 4.74 Å². The van der Waals surface area contributed by atoms with Crippen LogP contribution in [0.15, 0.2) is 0 Å². The van der Waals surface area contributed by atoms with Gasteiger partial charge < -0.3 is 15.0 Å². The maximum atomic E-state index is 5.33. The van der Waals surface area contributed by atoms with Gasteiger partial charge in [0.1, 0.15) is 0 Å². The van der Waals surface area contributed by atoms with Gasteiger partial charge in [0.25, 0.3) is 0 Å². The summed E-state index contributed by atoms with van der Waals surface area (Å²) in [4.78, 5) is 8.77. The number of thiazole rings is 1. The molecule has 2 aliphatic rings. The zero-order chi connectivity index (χ0) is 14.8. The minimum absolute atomic E-state index is 0.622. The van der Waals surface area contributed by atoms with Crippen LogP contribution in [0.5, 0.6) is 0 Å². The van der Waals surface area contributed by atoms with Crippen LogP contribution in [0, 0.1) is 11.8 Å². The first-order valence-corrected chi connectivity index (χ1v) is 8.94. The maximum absolute atomic E-state index is 5.33. The highest BCUT2D eigenvalue weighted by atomic mass is 32.1. The Labute approximate surface area is 131 Å². The first kappa shape index (κ1) is 15.3. The molecule has 1 aromatic rings. The Balaban J connectivity index is 1.70. The lowest BCUT2D eigenvalue weighted by Crippen LogP contribution is -2.31. The van der Waals surface area contributed by atoms with Crippen molar-refractivity contribution in [2.24, 2.45) is 11.8 Å². The lowest BCUT2D eigenvalue weighted by Gasteiger charge is -2.26. The Morgan fingerprint density at radius 2 is 2.29 bits per heavy atom. The van der Waals surface area contributed by atoms with Gasteiger partial charge in [-0.2, -0.15) is 0 Å². The van der Waals surface area contributed by atoms with Gasteiger partial charge in [-0.05, 0) is 37.6 Å². The molecule has 1 N–H and O–H groups in total. The van der Waals surface area contributed by atoms with Gasteiger partial charge in [-0.3, -0.25) is 0 Å². The number of anilines is 1.